The van der Waals surface area contributed by atoms with Crippen molar-refractivity contribution in [3.05, 3.63) is 35.0 Å². The summed E-state index contributed by atoms with van der Waals surface area (Å²) in [5.41, 5.74) is 2.19. The van der Waals surface area contributed by atoms with E-state index in [-0.39, 0.29) is 12.1 Å². The average molecular weight is 307 g/mol. The lowest BCUT2D eigenvalue weighted by molar-refractivity contribution is 0.104. The third kappa shape index (κ3) is 3.10. The molecule has 0 radical (unpaired) electrons. The van der Waals surface area contributed by atoms with Gasteiger partial charge in [-0.2, -0.15) is 0 Å². The molecule has 0 amide bonds. The Hall–Kier alpha value is -1.03. The molecule has 3 nitrogen and oxygen atoms in total. The maximum absolute atomic E-state index is 9.82. The van der Waals surface area contributed by atoms with Gasteiger partial charge in [0, 0.05) is 34.2 Å². The Morgan fingerprint density at radius 2 is 2.14 bits per heavy atom. The molecule has 4 heteroatoms. The van der Waals surface area contributed by atoms with E-state index in [0.29, 0.717) is 0 Å². The maximum Gasteiger partial charge on any atom is 0.0613 e. The van der Waals surface area contributed by atoms with Gasteiger partial charge >= 0.3 is 0 Å². The molecule has 0 atom stereocenters. The standard InChI is InChI=1S/C17H23ClN2O/c1-12-4-6-17(11-21,7-5-12)20-10-13-9-19-16-8-14(18)2-3-15(13)16/h2-3,8-9,12,19-21H,4-7,10-11H2,1H3. The number of benzene rings is 1. The van der Waals surface area contributed by atoms with Crippen molar-refractivity contribution in [3.8, 4) is 0 Å². The highest BCUT2D eigenvalue weighted by Crippen LogP contribution is 2.32. The smallest absolute Gasteiger partial charge is 0.0613 e. The number of halogens is 1. The van der Waals surface area contributed by atoms with Gasteiger partial charge in [-0.3, -0.25) is 0 Å². The van der Waals surface area contributed by atoms with Crippen LogP contribution in [0.1, 0.15) is 38.2 Å². The first-order chi connectivity index (χ1) is 10.1. The van der Waals surface area contributed by atoms with Crippen molar-refractivity contribution < 1.29 is 5.11 Å². The molecule has 0 saturated heterocycles. The van der Waals surface area contributed by atoms with Crippen LogP contribution in [-0.2, 0) is 6.54 Å². The van der Waals surface area contributed by atoms with E-state index in [1.807, 2.05) is 18.3 Å². The van der Waals surface area contributed by atoms with Crippen molar-refractivity contribution in [2.75, 3.05) is 6.61 Å². The zero-order chi connectivity index (χ0) is 14.9. The number of nitrogens with one attached hydrogen (secondary N) is 2. The minimum atomic E-state index is -0.109. The molecule has 1 aliphatic carbocycles. The van der Waals surface area contributed by atoms with Crippen LogP contribution in [0.5, 0.6) is 0 Å². The fourth-order valence-electron chi connectivity index (χ4n) is 3.29. The van der Waals surface area contributed by atoms with E-state index in [1.54, 1.807) is 0 Å². The van der Waals surface area contributed by atoms with E-state index in [9.17, 15) is 5.11 Å². The molecule has 2 aromatic rings. The minimum Gasteiger partial charge on any atom is -0.394 e. The lowest BCUT2D eigenvalue weighted by Gasteiger charge is -2.39. The predicted octanol–water partition coefficient (Wildman–Crippen LogP) is 3.85. The third-order valence-electron chi connectivity index (χ3n) is 4.92. The topological polar surface area (TPSA) is 48.0 Å². The van der Waals surface area contributed by atoms with Crippen LogP contribution in [-0.4, -0.2) is 22.2 Å². The molecule has 0 bridgehead atoms. The molecule has 3 N–H and O–H groups in total. The van der Waals surface area contributed by atoms with Crippen LogP contribution in [0.4, 0.5) is 0 Å². The Labute approximate surface area is 130 Å². The highest BCUT2D eigenvalue weighted by Gasteiger charge is 2.33. The van der Waals surface area contributed by atoms with Crippen molar-refractivity contribution in [2.45, 2.75) is 44.7 Å². The van der Waals surface area contributed by atoms with Crippen molar-refractivity contribution in [2.24, 2.45) is 5.92 Å². The molecule has 1 aromatic carbocycles. The zero-order valence-corrected chi connectivity index (χ0v) is 13.2. The van der Waals surface area contributed by atoms with E-state index in [1.165, 1.54) is 23.8 Å². The number of rotatable bonds is 4. The molecule has 1 aromatic heterocycles. The van der Waals surface area contributed by atoms with Crippen LogP contribution in [0, 0.1) is 5.92 Å². The average Bonchev–Trinajstić information content (AvgIpc) is 2.89. The number of hydrogen-bond donors (Lipinski definition) is 3. The van der Waals surface area contributed by atoms with Crippen LogP contribution >= 0.6 is 11.6 Å². The Morgan fingerprint density at radius 1 is 1.38 bits per heavy atom. The summed E-state index contributed by atoms with van der Waals surface area (Å²) in [5.74, 6) is 0.779. The second-order valence-corrected chi connectivity index (χ2v) is 6.91. The van der Waals surface area contributed by atoms with Crippen LogP contribution in [0.25, 0.3) is 10.9 Å². The summed E-state index contributed by atoms with van der Waals surface area (Å²) >= 11 is 6.02. The maximum atomic E-state index is 9.82. The number of aromatic amines is 1. The van der Waals surface area contributed by atoms with Gasteiger partial charge in [-0.15, -0.1) is 0 Å². The Bertz CT molecular complexity index is 614. The number of aliphatic hydroxyl groups is 1. The lowest BCUT2D eigenvalue weighted by Crippen LogP contribution is -2.50. The number of aromatic nitrogens is 1. The SMILES string of the molecule is CC1CCC(CO)(NCc2c[nH]c3cc(Cl)ccc23)CC1. The van der Waals surface area contributed by atoms with E-state index in [0.717, 1.165) is 35.8 Å². The van der Waals surface area contributed by atoms with Crippen molar-refractivity contribution in [1.82, 2.24) is 10.3 Å². The second kappa shape index (κ2) is 5.99. The summed E-state index contributed by atoms with van der Waals surface area (Å²) in [6.07, 6.45) is 6.52. The first kappa shape index (κ1) is 14.9. The predicted molar refractivity (Wildman–Crippen MR) is 87.6 cm³/mol. The van der Waals surface area contributed by atoms with Gasteiger partial charge in [-0.1, -0.05) is 24.6 Å². The summed E-state index contributed by atoms with van der Waals surface area (Å²) in [5, 5.41) is 15.4. The van der Waals surface area contributed by atoms with Gasteiger partial charge in [0.05, 0.1) is 6.61 Å². The quantitative estimate of drug-likeness (QED) is 0.803. The highest BCUT2D eigenvalue weighted by atomic mass is 35.5. The first-order valence-electron chi connectivity index (χ1n) is 7.73. The Balaban J connectivity index is 1.73. The molecule has 0 aliphatic heterocycles. The molecular weight excluding hydrogens is 284 g/mol. The first-order valence-corrected chi connectivity index (χ1v) is 8.11. The summed E-state index contributed by atoms with van der Waals surface area (Å²) in [4.78, 5) is 3.27. The van der Waals surface area contributed by atoms with Gasteiger partial charge < -0.3 is 15.4 Å². The summed E-state index contributed by atoms with van der Waals surface area (Å²) in [6, 6.07) is 5.93. The molecule has 3 rings (SSSR count). The van der Waals surface area contributed by atoms with Crippen LogP contribution < -0.4 is 5.32 Å². The van der Waals surface area contributed by atoms with Crippen molar-refractivity contribution >= 4 is 22.5 Å². The molecule has 0 spiro atoms. The normalized spacial score (nSPS) is 26.3. The lowest BCUT2D eigenvalue weighted by atomic mass is 9.77. The number of aliphatic hydroxyl groups excluding tert-OH is 1. The van der Waals surface area contributed by atoms with Crippen LogP contribution in [0.3, 0.4) is 0 Å². The second-order valence-electron chi connectivity index (χ2n) is 6.48. The number of fused-ring (bicyclic) bond motifs is 1. The fraction of sp³-hybridized carbons (Fsp3) is 0.529. The molecule has 1 fully saturated rings. The number of H-pyrrole nitrogens is 1. The van der Waals surface area contributed by atoms with Gasteiger partial charge in [0.15, 0.2) is 0 Å². The molecule has 1 heterocycles. The van der Waals surface area contributed by atoms with Crippen LogP contribution in [0.2, 0.25) is 5.02 Å². The van der Waals surface area contributed by atoms with E-state index >= 15 is 0 Å². The summed E-state index contributed by atoms with van der Waals surface area (Å²) in [7, 11) is 0. The van der Waals surface area contributed by atoms with E-state index in [2.05, 4.69) is 23.3 Å². The third-order valence-corrected chi connectivity index (χ3v) is 5.15. The van der Waals surface area contributed by atoms with Gasteiger partial charge in [0.1, 0.15) is 0 Å². The molecular formula is C17H23ClN2O. The molecule has 1 aliphatic rings. The zero-order valence-electron chi connectivity index (χ0n) is 12.5. The summed E-state index contributed by atoms with van der Waals surface area (Å²) in [6.45, 7) is 3.29. The van der Waals surface area contributed by atoms with Gasteiger partial charge in [0.2, 0.25) is 0 Å². The monoisotopic (exact) mass is 306 g/mol. The number of hydrogen-bond acceptors (Lipinski definition) is 2. The Morgan fingerprint density at radius 3 is 2.86 bits per heavy atom. The largest absolute Gasteiger partial charge is 0.394 e. The van der Waals surface area contributed by atoms with Crippen molar-refractivity contribution in [3.63, 3.8) is 0 Å². The molecule has 1 saturated carbocycles. The Kier molecular flexibility index (Phi) is 4.25. The fourth-order valence-corrected chi connectivity index (χ4v) is 3.47. The molecule has 0 unspecified atom stereocenters. The highest BCUT2D eigenvalue weighted by molar-refractivity contribution is 6.31. The van der Waals surface area contributed by atoms with Gasteiger partial charge in [-0.05, 0) is 49.3 Å². The van der Waals surface area contributed by atoms with Crippen molar-refractivity contribution in [1.29, 1.82) is 0 Å². The molecule has 21 heavy (non-hydrogen) atoms. The van der Waals surface area contributed by atoms with E-state index < -0.39 is 0 Å². The minimum absolute atomic E-state index is 0.109. The molecule has 114 valence electrons. The van der Waals surface area contributed by atoms with Gasteiger partial charge in [-0.25, -0.2) is 0 Å². The van der Waals surface area contributed by atoms with E-state index in [4.69, 9.17) is 11.6 Å². The van der Waals surface area contributed by atoms with Gasteiger partial charge in [0.25, 0.3) is 0 Å². The summed E-state index contributed by atoms with van der Waals surface area (Å²) < 4.78 is 0. The van der Waals surface area contributed by atoms with Crippen LogP contribution in [0.15, 0.2) is 24.4 Å².